The van der Waals surface area contributed by atoms with Gasteiger partial charge in [0, 0.05) is 12.6 Å². The molecule has 1 atom stereocenters. The van der Waals surface area contributed by atoms with Gasteiger partial charge in [-0.05, 0) is 18.6 Å². The van der Waals surface area contributed by atoms with Crippen molar-refractivity contribution in [1.29, 1.82) is 0 Å². The van der Waals surface area contributed by atoms with Gasteiger partial charge in [0.05, 0.1) is 6.20 Å². The molecular formula is C13H12N4O3. The molecule has 1 aliphatic rings. The quantitative estimate of drug-likeness (QED) is 0.745. The number of fused-ring (bicyclic) bond motifs is 1. The molecule has 2 N–H and O–H groups in total. The molecule has 0 aliphatic carbocycles. The van der Waals surface area contributed by atoms with Crippen LogP contribution in [0.25, 0.3) is 5.65 Å². The van der Waals surface area contributed by atoms with Crippen molar-refractivity contribution in [2.24, 2.45) is 0 Å². The maximum Gasteiger partial charge on any atom is 0.270 e. The summed E-state index contributed by atoms with van der Waals surface area (Å²) in [4.78, 5) is 38.9. The predicted octanol–water partition coefficient (Wildman–Crippen LogP) is -0.131. The molecule has 1 saturated heterocycles. The van der Waals surface area contributed by atoms with E-state index in [4.69, 9.17) is 0 Å². The highest BCUT2D eigenvalue weighted by Gasteiger charge is 2.28. The fraction of sp³-hybridized carbons (Fsp3) is 0.231. The first-order valence-corrected chi connectivity index (χ1v) is 6.22. The van der Waals surface area contributed by atoms with Gasteiger partial charge in [-0.25, -0.2) is 4.98 Å². The number of amides is 3. The predicted molar refractivity (Wildman–Crippen MR) is 68.8 cm³/mol. The summed E-state index contributed by atoms with van der Waals surface area (Å²) in [6.07, 6.45) is 3.72. The first kappa shape index (κ1) is 12.3. The Balaban J connectivity index is 1.80. The maximum absolute atomic E-state index is 12.2. The third kappa shape index (κ3) is 2.13. The van der Waals surface area contributed by atoms with Crippen LogP contribution in [0.5, 0.6) is 0 Å². The summed E-state index contributed by atoms with van der Waals surface area (Å²) in [5, 5.41) is 4.82. The minimum atomic E-state index is -0.686. The Morgan fingerprint density at radius 1 is 1.40 bits per heavy atom. The molecule has 1 fully saturated rings. The summed E-state index contributed by atoms with van der Waals surface area (Å²) in [7, 11) is 0. The standard InChI is InChI=1S/C13H12N4O3/c18-11-5-4-8(12(19)16-11)15-13(20)9-7-14-10-3-1-2-6-17(9)10/h1-3,6-8H,4-5H2,(H,15,20)(H,16,18,19). The Hall–Kier alpha value is -2.70. The number of imidazole rings is 1. The zero-order valence-corrected chi connectivity index (χ0v) is 10.5. The van der Waals surface area contributed by atoms with Gasteiger partial charge < -0.3 is 5.32 Å². The van der Waals surface area contributed by atoms with Gasteiger partial charge in [-0.2, -0.15) is 0 Å². The molecule has 7 nitrogen and oxygen atoms in total. The number of piperidine rings is 1. The Morgan fingerprint density at radius 2 is 2.25 bits per heavy atom. The van der Waals surface area contributed by atoms with Crippen molar-refractivity contribution in [1.82, 2.24) is 20.0 Å². The minimum absolute atomic E-state index is 0.226. The van der Waals surface area contributed by atoms with E-state index >= 15 is 0 Å². The normalized spacial score (nSPS) is 18.9. The highest BCUT2D eigenvalue weighted by molar-refractivity contribution is 6.03. The first-order chi connectivity index (χ1) is 9.65. The smallest absolute Gasteiger partial charge is 0.270 e. The van der Waals surface area contributed by atoms with E-state index in [1.165, 1.54) is 6.20 Å². The van der Waals surface area contributed by atoms with Crippen LogP contribution < -0.4 is 10.6 Å². The van der Waals surface area contributed by atoms with Gasteiger partial charge in [0.1, 0.15) is 17.4 Å². The summed E-state index contributed by atoms with van der Waals surface area (Å²) in [5.74, 6) is -1.17. The molecule has 3 heterocycles. The van der Waals surface area contributed by atoms with Crippen LogP contribution in [0.2, 0.25) is 0 Å². The molecule has 0 radical (unpaired) electrons. The molecule has 0 bridgehead atoms. The third-order valence-electron chi connectivity index (χ3n) is 3.19. The zero-order chi connectivity index (χ0) is 14.1. The molecule has 3 rings (SSSR count). The van der Waals surface area contributed by atoms with E-state index in [1.807, 2.05) is 6.07 Å². The van der Waals surface area contributed by atoms with Crippen LogP contribution in [0.1, 0.15) is 23.3 Å². The van der Waals surface area contributed by atoms with Crippen LogP contribution >= 0.6 is 0 Å². The van der Waals surface area contributed by atoms with Gasteiger partial charge in [0.15, 0.2) is 0 Å². The molecular weight excluding hydrogens is 260 g/mol. The van der Waals surface area contributed by atoms with E-state index in [9.17, 15) is 14.4 Å². The number of hydrogen-bond donors (Lipinski definition) is 2. The van der Waals surface area contributed by atoms with Crippen LogP contribution in [-0.4, -0.2) is 33.1 Å². The van der Waals surface area contributed by atoms with Crippen molar-refractivity contribution in [3.63, 3.8) is 0 Å². The number of pyridine rings is 1. The summed E-state index contributed by atoms with van der Waals surface area (Å²) in [6.45, 7) is 0. The minimum Gasteiger partial charge on any atom is -0.339 e. The van der Waals surface area contributed by atoms with Crippen molar-refractivity contribution in [3.8, 4) is 0 Å². The lowest BCUT2D eigenvalue weighted by Gasteiger charge is -2.21. The number of nitrogens with zero attached hydrogens (tertiary/aromatic N) is 2. The second-order valence-electron chi connectivity index (χ2n) is 4.55. The largest absolute Gasteiger partial charge is 0.339 e. The van der Waals surface area contributed by atoms with Gasteiger partial charge in [0.25, 0.3) is 5.91 Å². The molecule has 3 amide bonds. The van der Waals surface area contributed by atoms with Gasteiger partial charge in [0.2, 0.25) is 11.8 Å². The summed E-state index contributed by atoms with van der Waals surface area (Å²) in [6, 6.07) is 4.71. The van der Waals surface area contributed by atoms with Gasteiger partial charge in [-0.15, -0.1) is 0 Å². The van der Waals surface area contributed by atoms with Gasteiger partial charge in [-0.1, -0.05) is 6.07 Å². The van der Waals surface area contributed by atoms with E-state index < -0.39 is 17.9 Å². The molecule has 2 aromatic heterocycles. The number of rotatable bonds is 2. The van der Waals surface area contributed by atoms with Crippen LogP contribution in [0, 0.1) is 0 Å². The fourth-order valence-corrected chi connectivity index (χ4v) is 2.16. The zero-order valence-electron chi connectivity index (χ0n) is 10.5. The van der Waals surface area contributed by atoms with E-state index in [2.05, 4.69) is 15.6 Å². The van der Waals surface area contributed by atoms with E-state index in [0.717, 1.165) is 0 Å². The van der Waals surface area contributed by atoms with E-state index in [1.54, 1.807) is 22.7 Å². The van der Waals surface area contributed by atoms with E-state index in [0.29, 0.717) is 17.8 Å². The third-order valence-corrected chi connectivity index (χ3v) is 3.19. The second kappa shape index (κ2) is 4.76. The Labute approximate surface area is 114 Å². The van der Waals surface area contributed by atoms with Crippen molar-refractivity contribution < 1.29 is 14.4 Å². The number of imide groups is 1. The number of carbonyl (C=O) groups excluding carboxylic acids is 3. The molecule has 20 heavy (non-hydrogen) atoms. The molecule has 1 unspecified atom stereocenters. The van der Waals surface area contributed by atoms with Crippen LogP contribution in [0.3, 0.4) is 0 Å². The topological polar surface area (TPSA) is 92.6 Å². The van der Waals surface area contributed by atoms with Crippen molar-refractivity contribution >= 4 is 23.4 Å². The van der Waals surface area contributed by atoms with Gasteiger partial charge >= 0.3 is 0 Å². The van der Waals surface area contributed by atoms with Crippen LogP contribution in [0.15, 0.2) is 30.6 Å². The van der Waals surface area contributed by atoms with Gasteiger partial charge in [-0.3, -0.25) is 24.1 Å². The monoisotopic (exact) mass is 272 g/mol. The van der Waals surface area contributed by atoms with Crippen molar-refractivity contribution in [3.05, 3.63) is 36.3 Å². The summed E-state index contributed by atoms with van der Waals surface area (Å²) in [5.41, 5.74) is 1.01. The molecule has 7 heteroatoms. The second-order valence-corrected chi connectivity index (χ2v) is 4.55. The molecule has 1 aliphatic heterocycles. The maximum atomic E-state index is 12.2. The number of hydrogen-bond acceptors (Lipinski definition) is 4. The van der Waals surface area contributed by atoms with E-state index in [-0.39, 0.29) is 12.3 Å². The first-order valence-electron chi connectivity index (χ1n) is 6.22. The highest BCUT2D eigenvalue weighted by Crippen LogP contribution is 2.09. The van der Waals surface area contributed by atoms with Crippen molar-refractivity contribution in [2.75, 3.05) is 0 Å². The average Bonchev–Trinajstić information content (AvgIpc) is 2.86. The Kier molecular flexibility index (Phi) is 2.94. The molecule has 0 spiro atoms. The Morgan fingerprint density at radius 3 is 3.05 bits per heavy atom. The van der Waals surface area contributed by atoms with Crippen LogP contribution in [0.4, 0.5) is 0 Å². The molecule has 0 saturated carbocycles. The molecule has 2 aromatic rings. The number of nitrogens with one attached hydrogen (secondary N) is 2. The fourth-order valence-electron chi connectivity index (χ4n) is 2.16. The molecule has 102 valence electrons. The van der Waals surface area contributed by atoms with Crippen molar-refractivity contribution in [2.45, 2.75) is 18.9 Å². The lowest BCUT2D eigenvalue weighted by Crippen LogP contribution is -2.52. The lowest BCUT2D eigenvalue weighted by molar-refractivity contribution is -0.134. The average molecular weight is 272 g/mol. The van der Waals surface area contributed by atoms with Crippen LogP contribution in [-0.2, 0) is 9.59 Å². The highest BCUT2D eigenvalue weighted by atomic mass is 16.2. The lowest BCUT2D eigenvalue weighted by atomic mass is 10.1. The number of aromatic nitrogens is 2. The number of carbonyl (C=O) groups is 3. The summed E-state index contributed by atoms with van der Waals surface area (Å²) < 4.78 is 1.64. The summed E-state index contributed by atoms with van der Waals surface area (Å²) >= 11 is 0. The SMILES string of the molecule is O=C1CCC(NC(=O)c2cnc3ccccn23)C(=O)N1. The Bertz CT molecular complexity index is 706. The molecule has 0 aromatic carbocycles.